The third-order valence-electron chi connectivity index (χ3n) is 7.54. The first kappa shape index (κ1) is 27.9. The molecule has 208 valence electrons. The Balaban J connectivity index is 1.58. The highest BCUT2D eigenvalue weighted by molar-refractivity contribution is 9.10. The Bertz CT molecular complexity index is 1480. The maximum atomic E-state index is 15.5. The van der Waals surface area contributed by atoms with Gasteiger partial charge in [-0.05, 0) is 69.7 Å². The Kier molecular flexibility index (Phi) is 7.42. The predicted molar refractivity (Wildman–Crippen MR) is 153 cm³/mol. The van der Waals surface area contributed by atoms with Gasteiger partial charge in [-0.2, -0.15) is 5.26 Å². The van der Waals surface area contributed by atoms with E-state index in [9.17, 15) is 10.1 Å². The van der Waals surface area contributed by atoms with Crippen LogP contribution in [0.15, 0.2) is 16.9 Å². The van der Waals surface area contributed by atoms with Gasteiger partial charge in [0.1, 0.15) is 16.6 Å². The van der Waals surface area contributed by atoms with Crippen molar-refractivity contribution in [2.24, 2.45) is 0 Å². The highest BCUT2D eigenvalue weighted by Crippen LogP contribution is 2.41. The topological polar surface area (TPSA) is 90.5 Å². The first-order valence-corrected chi connectivity index (χ1v) is 14.2. The molecule has 2 fully saturated rings. The van der Waals surface area contributed by atoms with E-state index in [-0.39, 0.29) is 33.5 Å². The van der Waals surface area contributed by atoms with Crippen molar-refractivity contribution in [3.8, 4) is 6.07 Å². The van der Waals surface area contributed by atoms with Crippen LogP contribution in [0.5, 0.6) is 0 Å². The zero-order valence-electron chi connectivity index (χ0n) is 22.7. The Morgan fingerprint density at radius 3 is 2.69 bits per heavy atom. The lowest BCUT2D eigenvalue weighted by Gasteiger charge is -2.43. The number of imidazole rings is 1. The molecule has 2 aliphatic heterocycles. The standard InChI is InChI=1S/C27H32BrClFN7O2/c1-27(2,3)39-26(38)36-9-7-16(10-15(36)6-8-31)37-14-32-23-24(37)18-11-19(29)20(28)21(30)22(18)33-25(23)35-12-17(13-35)34(4)5/h11,14-17H,6-7,9-10,12-13H2,1-5H3/t15-,16+/m1/s1. The van der Waals surface area contributed by atoms with Crippen LogP contribution in [0.3, 0.4) is 0 Å². The average Bonchev–Trinajstić information content (AvgIpc) is 3.27. The second kappa shape index (κ2) is 10.4. The van der Waals surface area contributed by atoms with Crippen molar-refractivity contribution < 1.29 is 13.9 Å². The quantitative estimate of drug-likeness (QED) is 0.344. The Morgan fingerprint density at radius 2 is 2.05 bits per heavy atom. The Hall–Kier alpha value is -2.68. The van der Waals surface area contributed by atoms with Gasteiger partial charge in [0, 0.05) is 43.1 Å². The molecule has 2 atom stereocenters. The smallest absolute Gasteiger partial charge is 0.410 e. The fraction of sp³-hybridized carbons (Fsp3) is 0.556. The zero-order chi connectivity index (χ0) is 28.2. The van der Waals surface area contributed by atoms with Gasteiger partial charge in [-0.1, -0.05) is 11.6 Å². The van der Waals surface area contributed by atoms with E-state index >= 15 is 4.39 Å². The number of carbonyl (C=O) groups excluding carboxylic acids is 1. The minimum absolute atomic E-state index is 0.0677. The maximum absolute atomic E-state index is 15.5. The van der Waals surface area contributed by atoms with Crippen LogP contribution in [0.4, 0.5) is 15.0 Å². The number of pyridine rings is 1. The van der Waals surface area contributed by atoms with Gasteiger partial charge in [0.25, 0.3) is 0 Å². The number of ether oxygens (including phenoxy) is 1. The summed E-state index contributed by atoms with van der Waals surface area (Å²) in [5.74, 6) is 0.127. The lowest BCUT2D eigenvalue weighted by molar-refractivity contribution is 0.00618. The second-order valence-electron chi connectivity index (χ2n) is 11.6. The summed E-state index contributed by atoms with van der Waals surface area (Å²) in [5.41, 5.74) is 1.03. The van der Waals surface area contributed by atoms with E-state index in [0.29, 0.717) is 42.1 Å². The fourth-order valence-corrected chi connectivity index (χ4v) is 5.91. The van der Waals surface area contributed by atoms with Crippen molar-refractivity contribution in [3.63, 3.8) is 0 Å². The second-order valence-corrected chi connectivity index (χ2v) is 12.8. The molecular weight excluding hydrogens is 589 g/mol. The van der Waals surface area contributed by atoms with Gasteiger partial charge < -0.3 is 24.0 Å². The first-order chi connectivity index (χ1) is 18.4. The third kappa shape index (κ3) is 5.14. The van der Waals surface area contributed by atoms with Gasteiger partial charge >= 0.3 is 6.09 Å². The number of fused-ring (bicyclic) bond motifs is 3. The summed E-state index contributed by atoms with van der Waals surface area (Å²) >= 11 is 9.68. The summed E-state index contributed by atoms with van der Waals surface area (Å²) in [7, 11) is 4.08. The first-order valence-electron chi connectivity index (χ1n) is 13.0. The maximum Gasteiger partial charge on any atom is 0.410 e. The summed E-state index contributed by atoms with van der Waals surface area (Å²) in [6, 6.07) is 3.94. The molecular formula is C27H32BrClFN7O2. The number of amides is 1. The number of nitriles is 1. The van der Waals surface area contributed by atoms with Gasteiger partial charge in [-0.3, -0.25) is 0 Å². The number of hydrogen-bond donors (Lipinski definition) is 0. The molecule has 12 heteroatoms. The Labute approximate surface area is 240 Å². The molecule has 1 aromatic carbocycles. The van der Waals surface area contributed by atoms with Crippen molar-refractivity contribution >= 4 is 61.4 Å². The number of carbonyl (C=O) groups is 1. The lowest BCUT2D eigenvalue weighted by Crippen LogP contribution is -2.57. The molecule has 39 heavy (non-hydrogen) atoms. The minimum Gasteiger partial charge on any atom is -0.444 e. The number of halogens is 3. The summed E-state index contributed by atoms with van der Waals surface area (Å²) < 4.78 is 23.4. The fourth-order valence-electron chi connectivity index (χ4n) is 5.42. The largest absolute Gasteiger partial charge is 0.444 e. The van der Waals surface area contributed by atoms with Crippen molar-refractivity contribution in [1.29, 1.82) is 5.26 Å². The molecule has 9 nitrogen and oxygen atoms in total. The monoisotopic (exact) mass is 619 g/mol. The van der Waals surface area contributed by atoms with Crippen molar-refractivity contribution in [2.45, 2.75) is 63.8 Å². The molecule has 0 saturated carbocycles. The summed E-state index contributed by atoms with van der Waals surface area (Å²) in [4.78, 5) is 28.4. The number of anilines is 1. The number of rotatable bonds is 4. The van der Waals surface area contributed by atoms with Gasteiger partial charge in [0.15, 0.2) is 11.6 Å². The van der Waals surface area contributed by atoms with Gasteiger partial charge in [-0.15, -0.1) is 0 Å². The minimum atomic E-state index is -0.631. The molecule has 0 aliphatic carbocycles. The third-order valence-corrected chi connectivity index (χ3v) is 8.85. The highest BCUT2D eigenvalue weighted by atomic mass is 79.9. The molecule has 2 aromatic heterocycles. The average molecular weight is 621 g/mol. The molecule has 0 bridgehead atoms. The molecule has 0 radical (unpaired) electrons. The molecule has 1 amide bonds. The van der Waals surface area contributed by atoms with Gasteiger partial charge in [0.05, 0.1) is 33.8 Å². The summed E-state index contributed by atoms with van der Waals surface area (Å²) in [5, 5.41) is 10.4. The van der Waals surface area contributed by atoms with E-state index in [2.05, 4.69) is 31.8 Å². The molecule has 5 rings (SSSR count). The van der Waals surface area contributed by atoms with Crippen LogP contribution >= 0.6 is 27.5 Å². The van der Waals surface area contributed by atoms with Gasteiger partial charge in [0.2, 0.25) is 0 Å². The van der Waals surface area contributed by atoms with E-state index in [0.717, 1.165) is 18.6 Å². The Morgan fingerprint density at radius 1 is 1.33 bits per heavy atom. The number of nitrogens with zero attached hydrogens (tertiary/aromatic N) is 7. The van der Waals surface area contributed by atoms with Crippen LogP contribution in [-0.4, -0.2) is 81.8 Å². The zero-order valence-corrected chi connectivity index (χ0v) is 25.1. The van der Waals surface area contributed by atoms with Crippen molar-refractivity contribution in [3.05, 3.63) is 27.7 Å². The van der Waals surface area contributed by atoms with Crippen LogP contribution in [-0.2, 0) is 4.74 Å². The van der Waals surface area contributed by atoms with Gasteiger partial charge in [-0.25, -0.2) is 19.2 Å². The SMILES string of the molecule is CN(C)C1CN(c2nc3c(F)c(Br)c(Cl)cc3c3c2ncn3[C@H]2CCN(C(=O)OC(C)(C)C)[C@H](CC#N)C2)C1. The van der Waals surface area contributed by atoms with E-state index in [1.54, 1.807) is 17.3 Å². The number of hydrogen-bond acceptors (Lipinski definition) is 7. The number of piperidine rings is 1. The number of likely N-dealkylation sites (N-methyl/N-ethyl adjacent to an activating group) is 1. The van der Waals surface area contributed by atoms with E-state index in [4.69, 9.17) is 26.3 Å². The van der Waals surface area contributed by atoms with E-state index in [1.807, 2.05) is 39.4 Å². The highest BCUT2D eigenvalue weighted by Gasteiger charge is 2.37. The summed E-state index contributed by atoms with van der Waals surface area (Å²) in [6.45, 7) is 7.44. The molecule has 2 saturated heterocycles. The summed E-state index contributed by atoms with van der Waals surface area (Å²) in [6.07, 6.45) is 2.70. The lowest BCUT2D eigenvalue weighted by atomic mass is 9.95. The molecule has 0 N–H and O–H groups in total. The van der Waals surface area contributed by atoms with Crippen LogP contribution < -0.4 is 4.90 Å². The molecule has 0 unspecified atom stereocenters. The normalized spacial score (nSPS) is 20.5. The van der Waals surface area contributed by atoms with Crippen LogP contribution in [0.1, 0.15) is 46.1 Å². The van der Waals surface area contributed by atoms with Crippen LogP contribution in [0.25, 0.3) is 21.9 Å². The molecule has 4 heterocycles. The number of likely N-dealkylation sites (tertiary alicyclic amines) is 1. The molecule has 3 aromatic rings. The van der Waals surface area contributed by atoms with E-state index < -0.39 is 17.5 Å². The molecule has 2 aliphatic rings. The van der Waals surface area contributed by atoms with Crippen molar-refractivity contribution in [2.75, 3.05) is 38.6 Å². The number of benzene rings is 1. The van der Waals surface area contributed by atoms with Crippen LogP contribution in [0, 0.1) is 17.1 Å². The van der Waals surface area contributed by atoms with E-state index in [1.165, 1.54) is 0 Å². The van der Waals surface area contributed by atoms with Crippen LogP contribution in [0.2, 0.25) is 5.02 Å². The predicted octanol–water partition coefficient (Wildman–Crippen LogP) is 5.74. The molecule has 0 spiro atoms. The number of aromatic nitrogens is 3. The van der Waals surface area contributed by atoms with Crippen molar-refractivity contribution in [1.82, 2.24) is 24.3 Å².